The molecule has 2 aromatic rings. The van der Waals surface area contributed by atoms with Gasteiger partial charge in [0.2, 0.25) is 0 Å². The molecule has 0 spiro atoms. The molecule has 1 aliphatic heterocycles. The number of carbonyl (C=O) groups is 2. The summed E-state index contributed by atoms with van der Waals surface area (Å²) in [6, 6.07) is 13.8. The minimum absolute atomic E-state index is 0.107. The second-order valence-corrected chi connectivity index (χ2v) is 9.87. The molecule has 1 fully saturated rings. The molecular weight excluding hydrogens is 492 g/mol. The predicted octanol–water partition coefficient (Wildman–Crippen LogP) is 6.20. The maximum absolute atomic E-state index is 13.3. The average Bonchev–Trinajstić information content (AvgIpc) is 3.21. The molecule has 0 aliphatic carbocycles. The minimum Gasteiger partial charge on any atom is -0.507 e. The van der Waals surface area contributed by atoms with E-state index in [1.54, 1.807) is 29.2 Å². The number of rotatable bonds is 16. The Balaban J connectivity index is 1.93. The van der Waals surface area contributed by atoms with Gasteiger partial charge in [-0.05, 0) is 67.9 Å². The van der Waals surface area contributed by atoms with E-state index in [1.807, 2.05) is 24.3 Å². The average molecular weight is 537 g/mol. The lowest BCUT2D eigenvalue weighted by molar-refractivity contribution is -0.140. The molecule has 1 N–H and O–H groups in total. The second-order valence-electron chi connectivity index (χ2n) is 9.87. The van der Waals surface area contributed by atoms with Gasteiger partial charge in [-0.3, -0.25) is 9.59 Å². The van der Waals surface area contributed by atoms with Gasteiger partial charge in [-0.25, -0.2) is 0 Å². The van der Waals surface area contributed by atoms with Gasteiger partial charge in [-0.2, -0.15) is 0 Å². The van der Waals surface area contributed by atoms with Gasteiger partial charge in [-0.15, -0.1) is 0 Å². The summed E-state index contributed by atoms with van der Waals surface area (Å²) in [7, 11) is 0. The largest absolute Gasteiger partial charge is 0.507 e. The lowest BCUT2D eigenvalue weighted by atomic mass is 9.95. The maximum Gasteiger partial charge on any atom is 0.295 e. The van der Waals surface area contributed by atoms with Crippen LogP contribution in [-0.4, -0.2) is 66.0 Å². The van der Waals surface area contributed by atoms with Crippen molar-refractivity contribution in [2.75, 3.05) is 39.4 Å². The summed E-state index contributed by atoms with van der Waals surface area (Å²) in [5.41, 5.74) is 1.34. The molecule has 1 unspecified atom stereocenters. The summed E-state index contributed by atoms with van der Waals surface area (Å²) in [5.74, 6) is 0.0105. The van der Waals surface area contributed by atoms with Crippen LogP contribution in [0, 0.1) is 0 Å². The fourth-order valence-corrected chi connectivity index (χ4v) is 4.73. The molecule has 212 valence electrons. The van der Waals surface area contributed by atoms with Crippen LogP contribution in [0.5, 0.6) is 11.5 Å². The van der Waals surface area contributed by atoms with Crippen LogP contribution in [0.25, 0.3) is 5.76 Å². The summed E-state index contributed by atoms with van der Waals surface area (Å²) >= 11 is 0. The van der Waals surface area contributed by atoms with E-state index in [9.17, 15) is 14.7 Å². The van der Waals surface area contributed by atoms with Crippen molar-refractivity contribution < 1.29 is 24.2 Å². The standard InChI is InChI=1S/C32H44N2O5/c1-5-9-11-23-39-26-16-12-24(13-17-26)29-28(31(36)32(37)34(29)21-20-33(7-3)8-4)30(35)25-14-18-27(19-15-25)38-22-10-6-2/h12-19,29,35H,5-11,20-23H2,1-4H3/b30-28+. The fourth-order valence-electron chi connectivity index (χ4n) is 4.73. The minimum atomic E-state index is -0.685. The van der Waals surface area contributed by atoms with Crippen molar-refractivity contribution in [3.63, 3.8) is 0 Å². The number of ketones is 1. The first-order valence-corrected chi connectivity index (χ1v) is 14.4. The van der Waals surface area contributed by atoms with E-state index in [4.69, 9.17) is 9.47 Å². The fraction of sp³-hybridized carbons (Fsp3) is 0.500. The Hall–Kier alpha value is -3.32. The van der Waals surface area contributed by atoms with Crippen LogP contribution in [0.3, 0.4) is 0 Å². The van der Waals surface area contributed by atoms with E-state index in [-0.39, 0.29) is 11.3 Å². The van der Waals surface area contributed by atoms with Crippen molar-refractivity contribution in [1.82, 2.24) is 9.80 Å². The number of nitrogens with zero attached hydrogens (tertiary/aromatic N) is 2. The number of unbranched alkanes of at least 4 members (excludes halogenated alkanes) is 3. The molecule has 1 saturated heterocycles. The van der Waals surface area contributed by atoms with Gasteiger partial charge in [0.1, 0.15) is 17.3 Å². The van der Waals surface area contributed by atoms with Gasteiger partial charge in [0.05, 0.1) is 24.8 Å². The highest BCUT2D eigenvalue weighted by atomic mass is 16.5. The van der Waals surface area contributed by atoms with Crippen molar-refractivity contribution >= 4 is 17.4 Å². The third-order valence-corrected chi connectivity index (χ3v) is 7.20. The zero-order valence-electron chi connectivity index (χ0n) is 23.9. The number of likely N-dealkylation sites (tertiary alicyclic amines) is 1. The molecule has 7 nitrogen and oxygen atoms in total. The molecule has 1 aliphatic rings. The van der Waals surface area contributed by atoms with Crippen molar-refractivity contribution in [3.05, 3.63) is 65.2 Å². The Morgan fingerprint density at radius 2 is 1.38 bits per heavy atom. The van der Waals surface area contributed by atoms with Gasteiger partial charge in [0, 0.05) is 18.7 Å². The summed E-state index contributed by atoms with van der Waals surface area (Å²) in [6.45, 7) is 12.4. The summed E-state index contributed by atoms with van der Waals surface area (Å²) in [6.07, 6.45) is 5.24. The molecule has 1 heterocycles. The first-order valence-electron chi connectivity index (χ1n) is 14.4. The summed E-state index contributed by atoms with van der Waals surface area (Å²) in [5, 5.41) is 11.4. The van der Waals surface area contributed by atoms with Crippen LogP contribution in [0.4, 0.5) is 0 Å². The van der Waals surface area contributed by atoms with E-state index in [1.165, 1.54) is 0 Å². The van der Waals surface area contributed by atoms with Crippen molar-refractivity contribution in [1.29, 1.82) is 0 Å². The molecule has 2 aromatic carbocycles. The number of carbonyl (C=O) groups excluding carboxylic acids is 2. The second kappa shape index (κ2) is 15.3. The first kappa shape index (κ1) is 30.2. The van der Waals surface area contributed by atoms with Gasteiger partial charge in [0.15, 0.2) is 0 Å². The Kier molecular flexibility index (Phi) is 11.9. The van der Waals surface area contributed by atoms with Gasteiger partial charge in [0.25, 0.3) is 11.7 Å². The molecule has 0 aromatic heterocycles. The van der Waals surface area contributed by atoms with Crippen LogP contribution < -0.4 is 9.47 Å². The lowest BCUT2D eigenvalue weighted by Crippen LogP contribution is -2.38. The van der Waals surface area contributed by atoms with Gasteiger partial charge in [-0.1, -0.05) is 59.1 Å². The zero-order chi connectivity index (χ0) is 28.2. The number of ether oxygens (including phenoxy) is 2. The number of hydrogen-bond donors (Lipinski definition) is 1. The molecule has 1 amide bonds. The van der Waals surface area contributed by atoms with Crippen LogP contribution >= 0.6 is 0 Å². The van der Waals surface area contributed by atoms with Crippen molar-refractivity contribution in [2.45, 2.75) is 65.8 Å². The van der Waals surface area contributed by atoms with Gasteiger partial charge >= 0.3 is 0 Å². The number of benzene rings is 2. The lowest BCUT2D eigenvalue weighted by Gasteiger charge is -2.28. The Labute approximate surface area is 233 Å². The molecule has 3 rings (SSSR count). The highest BCUT2D eigenvalue weighted by Gasteiger charge is 2.46. The maximum atomic E-state index is 13.3. The highest BCUT2D eigenvalue weighted by Crippen LogP contribution is 2.40. The highest BCUT2D eigenvalue weighted by molar-refractivity contribution is 6.46. The van der Waals surface area contributed by atoms with Crippen LogP contribution in [0.2, 0.25) is 0 Å². The van der Waals surface area contributed by atoms with Gasteiger partial charge < -0.3 is 24.4 Å². The van der Waals surface area contributed by atoms with Crippen molar-refractivity contribution in [2.24, 2.45) is 0 Å². The third-order valence-electron chi connectivity index (χ3n) is 7.20. The first-order chi connectivity index (χ1) is 18.9. The van der Waals surface area contributed by atoms with E-state index < -0.39 is 17.7 Å². The molecule has 39 heavy (non-hydrogen) atoms. The van der Waals surface area contributed by atoms with E-state index in [2.05, 4.69) is 32.6 Å². The summed E-state index contributed by atoms with van der Waals surface area (Å²) in [4.78, 5) is 30.4. The predicted molar refractivity (Wildman–Crippen MR) is 155 cm³/mol. The van der Waals surface area contributed by atoms with E-state index in [0.29, 0.717) is 37.6 Å². The van der Waals surface area contributed by atoms with Crippen LogP contribution in [0.15, 0.2) is 54.1 Å². The van der Waals surface area contributed by atoms with E-state index in [0.717, 1.165) is 56.5 Å². The number of likely N-dealkylation sites (N-methyl/N-ethyl adjacent to an activating group) is 1. The normalized spacial score (nSPS) is 16.7. The quantitative estimate of drug-likeness (QED) is 0.119. The Morgan fingerprint density at radius 1 is 0.821 bits per heavy atom. The Morgan fingerprint density at radius 3 is 1.95 bits per heavy atom. The SMILES string of the molecule is CCCCCOc1ccc(C2/C(=C(\O)c3ccc(OCCCC)cc3)C(=O)C(=O)N2CCN(CC)CC)cc1. The number of aliphatic hydroxyl groups is 1. The molecule has 0 bridgehead atoms. The zero-order valence-corrected chi connectivity index (χ0v) is 23.9. The monoisotopic (exact) mass is 536 g/mol. The molecular formula is C32H44N2O5. The number of hydrogen-bond acceptors (Lipinski definition) is 6. The van der Waals surface area contributed by atoms with E-state index >= 15 is 0 Å². The number of aliphatic hydroxyl groups excluding tert-OH is 1. The molecule has 0 radical (unpaired) electrons. The Bertz CT molecular complexity index is 1090. The number of amides is 1. The number of Topliss-reactive ketones (excluding diaryl/α,β-unsaturated/α-hetero) is 1. The molecule has 7 heteroatoms. The van der Waals surface area contributed by atoms with Crippen LogP contribution in [-0.2, 0) is 9.59 Å². The van der Waals surface area contributed by atoms with Crippen LogP contribution in [0.1, 0.15) is 77.0 Å². The smallest absolute Gasteiger partial charge is 0.295 e. The topological polar surface area (TPSA) is 79.3 Å². The molecule has 1 atom stereocenters. The summed E-state index contributed by atoms with van der Waals surface area (Å²) < 4.78 is 11.6. The molecule has 0 saturated carbocycles. The third kappa shape index (κ3) is 7.85. The van der Waals surface area contributed by atoms with Crippen molar-refractivity contribution in [3.8, 4) is 11.5 Å².